The first-order valence-electron chi connectivity index (χ1n) is 8.25. The maximum Gasteiger partial charge on any atom is 0.490 e. The highest BCUT2D eigenvalue weighted by Gasteiger charge is 2.38. The molecule has 7 nitrogen and oxygen atoms in total. The number of aromatic nitrogens is 4. The van der Waals surface area contributed by atoms with Crippen LogP contribution < -0.4 is 5.73 Å². The van der Waals surface area contributed by atoms with E-state index in [0.717, 1.165) is 17.0 Å². The van der Waals surface area contributed by atoms with E-state index >= 15 is 0 Å². The molecule has 1 atom stereocenters. The van der Waals surface area contributed by atoms with E-state index in [0.29, 0.717) is 18.0 Å². The van der Waals surface area contributed by atoms with Crippen molar-refractivity contribution in [3.05, 3.63) is 76.8 Å². The molecule has 0 fully saturated rings. The van der Waals surface area contributed by atoms with Crippen LogP contribution in [-0.2, 0) is 17.8 Å². The van der Waals surface area contributed by atoms with Gasteiger partial charge in [-0.15, -0.1) is 5.10 Å². The van der Waals surface area contributed by atoms with Crippen molar-refractivity contribution >= 4 is 17.6 Å². The Labute approximate surface area is 168 Å². The van der Waals surface area contributed by atoms with Crippen molar-refractivity contribution in [2.24, 2.45) is 5.73 Å². The third-order valence-electron chi connectivity index (χ3n) is 3.60. The van der Waals surface area contributed by atoms with Crippen LogP contribution in [0.25, 0.3) is 0 Å². The van der Waals surface area contributed by atoms with Crippen molar-refractivity contribution in [1.29, 1.82) is 0 Å². The number of nitrogens with two attached hydrogens (primary N) is 1. The first-order chi connectivity index (χ1) is 13.6. The number of alkyl halides is 3. The van der Waals surface area contributed by atoms with Crippen LogP contribution in [0.3, 0.4) is 0 Å². The summed E-state index contributed by atoms with van der Waals surface area (Å²) in [6, 6.07) is 13.6. The quantitative estimate of drug-likeness (QED) is 0.647. The molecule has 2 heterocycles. The Morgan fingerprint density at radius 3 is 2.38 bits per heavy atom. The van der Waals surface area contributed by atoms with Crippen LogP contribution in [0, 0.1) is 0 Å². The molecular weight excluding hydrogens is 411 g/mol. The van der Waals surface area contributed by atoms with E-state index in [2.05, 4.69) is 15.3 Å². The molecule has 0 saturated heterocycles. The Morgan fingerprint density at radius 2 is 1.83 bits per heavy atom. The number of hydrogen-bond donors (Lipinski definition) is 2. The van der Waals surface area contributed by atoms with Crippen LogP contribution in [0.1, 0.15) is 23.0 Å². The van der Waals surface area contributed by atoms with Gasteiger partial charge in [-0.25, -0.2) is 9.48 Å². The van der Waals surface area contributed by atoms with Crippen molar-refractivity contribution < 1.29 is 23.1 Å². The summed E-state index contributed by atoms with van der Waals surface area (Å²) < 4.78 is 33.5. The molecule has 3 N–H and O–H groups in total. The molecule has 0 aliphatic heterocycles. The second-order valence-electron chi connectivity index (χ2n) is 5.90. The fraction of sp³-hybridized carbons (Fsp3) is 0.222. The molecule has 2 aromatic heterocycles. The number of nitrogens with zero attached hydrogens (tertiary/aromatic N) is 4. The Balaban J connectivity index is 0.000000370. The monoisotopic (exact) mass is 427 g/mol. The second kappa shape index (κ2) is 9.99. The summed E-state index contributed by atoms with van der Waals surface area (Å²) in [7, 11) is 0. The predicted octanol–water partition coefficient (Wildman–Crippen LogP) is 3.25. The van der Waals surface area contributed by atoms with E-state index in [-0.39, 0.29) is 6.04 Å². The molecule has 0 saturated carbocycles. The molecule has 11 heteroatoms. The standard InChI is InChI=1S/C16H16ClN5.C2HF3O2/c17-13-6-7-14(19-9-13)10-22-11-15(20-21-22)8-16(18)12-4-2-1-3-5-12;3-2(4,5)1(6)7/h1-7,9,11,16H,8,10,18H2;(H,6,7). The van der Waals surface area contributed by atoms with Crippen molar-refractivity contribution in [3.63, 3.8) is 0 Å². The SMILES string of the molecule is NC(Cc1cn(Cc2ccc(Cl)cn2)nn1)c1ccccc1.O=C(O)C(F)(F)F. The van der Waals surface area contributed by atoms with Gasteiger partial charge in [0.25, 0.3) is 0 Å². The third-order valence-corrected chi connectivity index (χ3v) is 3.82. The van der Waals surface area contributed by atoms with Gasteiger partial charge in [-0.2, -0.15) is 13.2 Å². The number of carboxylic acid groups (broad SMARTS) is 1. The second-order valence-corrected chi connectivity index (χ2v) is 6.34. The normalized spacial score (nSPS) is 12.0. The lowest BCUT2D eigenvalue weighted by atomic mass is 10.0. The van der Waals surface area contributed by atoms with Gasteiger partial charge in [0.05, 0.1) is 23.0 Å². The van der Waals surface area contributed by atoms with Gasteiger partial charge in [-0.3, -0.25) is 4.98 Å². The Kier molecular flexibility index (Phi) is 7.68. The molecule has 3 rings (SSSR count). The van der Waals surface area contributed by atoms with E-state index in [1.54, 1.807) is 10.9 Å². The predicted molar refractivity (Wildman–Crippen MR) is 99.1 cm³/mol. The van der Waals surface area contributed by atoms with Crippen molar-refractivity contribution in [3.8, 4) is 0 Å². The summed E-state index contributed by atoms with van der Waals surface area (Å²) in [6.07, 6.45) is -0.906. The van der Waals surface area contributed by atoms with Crippen LogP contribution in [0.2, 0.25) is 5.02 Å². The third kappa shape index (κ3) is 7.51. The number of carbonyl (C=O) groups is 1. The van der Waals surface area contributed by atoms with Gasteiger partial charge in [-0.05, 0) is 17.7 Å². The van der Waals surface area contributed by atoms with Crippen molar-refractivity contribution in [1.82, 2.24) is 20.0 Å². The highest BCUT2D eigenvalue weighted by atomic mass is 35.5. The van der Waals surface area contributed by atoms with Crippen LogP contribution in [-0.4, -0.2) is 37.2 Å². The lowest BCUT2D eigenvalue weighted by Gasteiger charge is -2.09. The van der Waals surface area contributed by atoms with Gasteiger partial charge in [0.2, 0.25) is 0 Å². The topological polar surface area (TPSA) is 107 Å². The molecule has 0 aliphatic carbocycles. The molecule has 1 unspecified atom stereocenters. The summed E-state index contributed by atoms with van der Waals surface area (Å²) in [5.41, 5.74) is 9.04. The number of hydrogen-bond acceptors (Lipinski definition) is 5. The Morgan fingerprint density at radius 1 is 1.17 bits per heavy atom. The zero-order valence-corrected chi connectivity index (χ0v) is 15.7. The minimum Gasteiger partial charge on any atom is -0.475 e. The molecule has 0 spiro atoms. The first kappa shape index (κ1) is 22.3. The summed E-state index contributed by atoms with van der Waals surface area (Å²) in [5.74, 6) is -2.76. The van der Waals surface area contributed by atoms with E-state index < -0.39 is 12.1 Å². The maximum absolute atomic E-state index is 10.6. The molecule has 3 aromatic rings. The van der Waals surface area contributed by atoms with Crippen LogP contribution >= 0.6 is 11.6 Å². The highest BCUT2D eigenvalue weighted by molar-refractivity contribution is 6.30. The van der Waals surface area contributed by atoms with Crippen LogP contribution in [0.15, 0.2) is 54.9 Å². The number of aliphatic carboxylic acids is 1. The average molecular weight is 428 g/mol. The number of benzene rings is 1. The van der Waals surface area contributed by atoms with E-state index in [1.165, 1.54) is 0 Å². The smallest absolute Gasteiger partial charge is 0.475 e. The van der Waals surface area contributed by atoms with Gasteiger partial charge < -0.3 is 10.8 Å². The fourth-order valence-electron chi connectivity index (χ4n) is 2.22. The van der Waals surface area contributed by atoms with Gasteiger partial charge in [0.1, 0.15) is 0 Å². The van der Waals surface area contributed by atoms with Gasteiger partial charge >= 0.3 is 12.1 Å². The van der Waals surface area contributed by atoms with Crippen molar-refractivity contribution in [2.45, 2.75) is 25.2 Å². The summed E-state index contributed by atoms with van der Waals surface area (Å²) in [5, 5.41) is 16.0. The van der Waals surface area contributed by atoms with Crippen molar-refractivity contribution in [2.75, 3.05) is 0 Å². The van der Waals surface area contributed by atoms with Gasteiger partial charge in [0, 0.05) is 24.9 Å². The van der Waals surface area contributed by atoms with Gasteiger partial charge in [0.15, 0.2) is 0 Å². The number of pyridine rings is 1. The lowest BCUT2D eigenvalue weighted by molar-refractivity contribution is -0.192. The maximum atomic E-state index is 10.6. The molecule has 0 radical (unpaired) electrons. The Bertz CT molecular complexity index is 917. The minimum absolute atomic E-state index is 0.0833. The highest BCUT2D eigenvalue weighted by Crippen LogP contribution is 2.15. The molecule has 154 valence electrons. The summed E-state index contributed by atoms with van der Waals surface area (Å²) in [6.45, 7) is 0.560. The molecule has 29 heavy (non-hydrogen) atoms. The number of carboxylic acids is 1. The lowest BCUT2D eigenvalue weighted by Crippen LogP contribution is -2.21. The molecular formula is C18H17ClF3N5O2. The number of halogens is 4. The van der Waals surface area contributed by atoms with Crippen LogP contribution in [0.5, 0.6) is 0 Å². The largest absolute Gasteiger partial charge is 0.490 e. The molecule has 1 aromatic carbocycles. The zero-order chi connectivity index (χ0) is 21.4. The van der Waals surface area contributed by atoms with E-state index in [4.69, 9.17) is 27.2 Å². The zero-order valence-electron chi connectivity index (χ0n) is 14.9. The van der Waals surface area contributed by atoms with Gasteiger partial charge in [-0.1, -0.05) is 47.1 Å². The fourth-order valence-corrected chi connectivity index (χ4v) is 2.33. The average Bonchev–Trinajstić information content (AvgIpc) is 3.11. The minimum atomic E-state index is -5.08. The number of rotatable bonds is 5. The van der Waals surface area contributed by atoms with E-state index in [9.17, 15) is 13.2 Å². The summed E-state index contributed by atoms with van der Waals surface area (Å²) >= 11 is 5.82. The Hall–Kier alpha value is -2.98. The first-order valence-corrected chi connectivity index (χ1v) is 8.63. The summed E-state index contributed by atoms with van der Waals surface area (Å²) in [4.78, 5) is 13.1. The molecule has 0 bridgehead atoms. The molecule has 0 aliphatic rings. The molecule has 0 amide bonds. The van der Waals surface area contributed by atoms with Crippen LogP contribution in [0.4, 0.5) is 13.2 Å². The van der Waals surface area contributed by atoms with E-state index in [1.807, 2.05) is 48.7 Å².